The molecule has 2 aromatic heterocycles. The van der Waals surface area contributed by atoms with Crippen LogP contribution in [0, 0.1) is 6.92 Å². The number of sulfonamides is 1. The van der Waals surface area contributed by atoms with Crippen molar-refractivity contribution >= 4 is 21.4 Å². The lowest BCUT2D eigenvalue weighted by Crippen LogP contribution is -2.43. The molecule has 9 heteroatoms. The zero-order valence-electron chi connectivity index (χ0n) is 13.5. The van der Waals surface area contributed by atoms with Gasteiger partial charge in [0.05, 0.1) is 53.8 Å². The molecule has 1 aliphatic heterocycles. The smallest absolute Gasteiger partial charge is 0.217 e. The summed E-state index contributed by atoms with van der Waals surface area (Å²) in [5, 5.41) is 2.82. The second kappa shape index (κ2) is 6.21. The van der Waals surface area contributed by atoms with Gasteiger partial charge >= 0.3 is 0 Å². The van der Waals surface area contributed by atoms with Crippen LogP contribution in [0.1, 0.15) is 35.3 Å². The Bertz CT molecular complexity index is 825. The minimum absolute atomic E-state index is 0.0514. The maximum absolute atomic E-state index is 12.6. The summed E-state index contributed by atoms with van der Waals surface area (Å²) in [5.41, 5.74) is 1.84. The third-order valence-corrected chi connectivity index (χ3v) is 7.56. The van der Waals surface area contributed by atoms with Crippen molar-refractivity contribution in [1.82, 2.24) is 18.8 Å². The Morgan fingerprint density at radius 3 is 2.96 bits per heavy atom. The van der Waals surface area contributed by atoms with Crippen molar-refractivity contribution in [3.05, 3.63) is 34.3 Å². The van der Waals surface area contributed by atoms with Gasteiger partial charge in [0.25, 0.3) is 0 Å². The summed E-state index contributed by atoms with van der Waals surface area (Å²) in [4.78, 5) is 8.56. The number of hydrogen-bond acceptors (Lipinski definition) is 6. The monoisotopic (exact) mass is 368 g/mol. The summed E-state index contributed by atoms with van der Waals surface area (Å²) < 4.78 is 34.6. The van der Waals surface area contributed by atoms with Gasteiger partial charge in [0.2, 0.25) is 10.0 Å². The average molecular weight is 368 g/mol. The predicted molar refractivity (Wildman–Crippen MR) is 90.1 cm³/mol. The summed E-state index contributed by atoms with van der Waals surface area (Å²) in [6, 6.07) is -0.0514. The van der Waals surface area contributed by atoms with Crippen LogP contribution in [0.5, 0.6) is 0 Å². The number of fused-ring (bicyclic) bond motifs is 1. The zero-order chi connectivity index (χ0) is 16.7. The summed E-state index contributed by atoms with van der Waals surface area (Å²) >= 11 is 1.60. The van der Waals surface area contributed by atoms with E-state index in [1.165, 1.54) is 0 Å². The lowest BCUT2D eigenvalue weighted by atomic mass is 10.2. The van der Waals surface area contributed by atoms with Crippen molar-refractivity contribution < 1.29 is 13.2 Å². The van der Waals surface area contributed by atoms with Crippen molar-refractivity contribution in [2.75, 3.05) is 13.2 Å². The van der Waals surface area contributed by atoms with Crippen LogP contribution in [0.4, 0.5) is 0 Å². The molecule has 7 nitrogen and oxygen atoms in total. The highest BCUT2D eigenvalue weighted by molar-refractivity contribution is 7.90. The van der Waals surface area contributed by atoms with Gasteiger partial charge in [-0.15, -0.1) is 11.3 Å². The van der Waals surface area contributed by atoms with E-state index in [1.54, 1.807) is 28.2 Å². The highest BCUT2D eigenvalue weighted by Gasteiger charge is 2.42. The van der Waals surface area contributed by atoms with Gasteiger partial charge in [-0.2, -0.15) is 4.31 Å². The first kappa shape index (κ1) is 16.2. The molecule has 3 heterocycles. The molecule has 1 unspecified atom stereocenters. The standard InChI is InChI=1S/C15H20N4O3S2/c1-11-17-12(9-23-11)7-22-8-14-6-18(24(20,21)15-2-3-15)5-13-4-16-10-19(13)14/h4,9-10,14-15H,2-3,5-8H2,1H3. The Hall–Kier alpha value is -1.29. The molecule has 1 saturated carbocycles. The first-order valence-corrected chi connectivity index (χ1v) is 10.4. The minimum Gasteiger partial charge on any atom is -0.373 e. The molecule has 0 saturated heterocycles. The topological polar surface area (TPSA) is 77.3 Å². The molecule has 0 bridgehead atoms. The molecular weight excluding hydrogens is 348 g/mol. The van der Waals surface area contributed by atoms with Gasteiger partial charge in [0.1, 0.15) is 0 Å². The number of hydrogen-bond donors (Lipinski definition) is 0. The summed E-state index contributed by atoms with van der Waals surface area (Å²) in [6.45, 7) is 3.70. The average Bonchev–Trinajstić information content (AvgIpc) is 3.18. The van der Waals surface area contributed by atoms with Crippen molar-refractivity contribution in [1.29, 1.82) is 0 Å². The molecule has 2 aromatic rings. The molecule has 1 atom stereocenters. The number of rotatable bonds is 6. The van der Waals surface area contributed by atoms with E-state index < -0.39 is 10.0 Å². The van der Waals surface area contributed by atoms with Crippen LogP contribution in [0.15, 0.2) is 17.9 Å². The third kappa shape index (κ3) is 3.13. The molecule has 1 fully saturated rings. The Morgan fingerprint density at radius 1 is 1.42 bits per heavy atom. The molecule has 2 aliphatic rings. The van der Waals surface area contributed by atoms with E-state index in [4.69, 9.17) is 4.74 Å². The predicted octanol–water partition coefficient (Wildman–Crippen LogP) is 1.71. The molecule has 0 spiro atoms. The zero-order valence-corrected chi connectivity index (χ0v) is 15.1. The van der Waals surface area contributed by atoms with Crippen LogP contribution < -0.4 is 0 Å². The van der Waals surface area contributed by atoms with Gasteiger partial charge in [-0.3, -0.25) is 0 Å². The molecule has 0 aromatic carbocycles. The van der Waals surface area contributed by atoms with E-state index in [9.17, 15) is 8.42 Å². The Labute approximate surface area is 145 Å². The Kier molecular flexibility index (Phi) is 4.19. The van der Waals surface area contributed by atoms with Gasteiger partial charge in [-0.25, -0.2) is 18.4 Å². The van der Waals surface area contributed by atoms with Crippen LogP contribution in [0.2, 0.25) is 0 Å². The number of ether oxygens (including phenoxy) is 1. The van der Waals surface area contributed by atoms with Crippen molar-refractivity contribution in [2.45, 2.75) is 44.2 Å². The number of aromatic nitrogens is 3. The molecule has 0 N–H and O–H groups in total. The lowest BCUT2D eigenvalue weighted by molar-refractivity contribution is 0.0737. The van der Waals surface area contributed by atoms with Crippen molar-refractivity contribution in [2.24, 2.45) is 0 Å². The Balaban J connectivity index is 1.45. The molecule has 130 valence electrons. The van der Waals surface area contributed by atoms with E-state index in [0.717, 1.165) is 29.2 Å². The molecule has 24 heavy (non-hydrogen) atoms. The van der Waals surface area contributed by atoms with Crippen LogP contribution in [0.3, 0.4) is 0 Å². The fourth-order valence-electron chi connectivity index (χ4n) is 3.03. The van der Waals surface area contributed by atoms with E-state index >= 15 is 0 Å². The van der Waals surface area contributed by atoms with Gasteiger partial charge in [0, 0.05) is 18.1 Å². The number of aryl methyl sites for hydroxylation is 1. The first-order valence-electron chi connectivity index (χ1n) is 8.02. The summed E-state index contributed by atoms with van der Waals surface area (Å²) in [7, 11) is -3.19. The largest absolute Gasteiger partial charge is 0.373 e. The second-order valence-electron chi connectivity index (χ2n) is 6.36. The first-order chi connectivity index (χ1) is 11.5. The Morgan fingerprint density at radius 2 is 2.25 bits per heavy atom. The van der Waals surface area contributed by atoms with Crippen molar-refractivity contribution in [3.8, 4) is 0 Å². The van der Waals surface area contributed by atoms with Gasteiger partial charge in [-0.1, -0.05) is 0 Å². The number of imidazole rings is 1. The molecule has 4 rings (SSSR count). The fourth-order valence-corrected chi connectivity index (χ4v) is 5.47. The molecule has 0 amide bonds. The minimum atomic E-state index is -3.19. The van der Waals surface area contributed by atoms with E-state index in [-0.39, 0.29) is 11.3 Å². The summed E-state index contributed by atoms with van der Waals surface area (Å²) in [6.07, 6.45) is 5.06. The molecule has 0 radical (unpaired) electrons. The second-order valence-corrected chi connectivity index (χ2v) is 9.63. The lowest BCUT2D eigenvalue weighted by Gasteiger charge is -2.33. The van der Waals surface area contributed by atoms with Crippen LogP contribution >= 0.6 is 11.3 Å². The van der Waals surface area contributed by atoms with Gasteiger partial charge < -0.3 is 9.30 Å². The highest BCUT2D eigenvalue weighted by atomic mass is 32.2. The van der Waals surface area contributed by atoms with E-state index in [0.29, 0.717) is 26.3 Å². The van der Waals surface area contributed by atoms with E-state index in [2.05, 4.69) is 9.97 Å². The normalized spacial score (nSPS) is 21.8. The van der Waals surface area contributed by atoms with Crippen LogP contribution in [-0.2, 0) is 27.9 Å². The van der Waals surface area contributed by atoms with Gasteiger partial charge in [-0.05, 0) is 19.8 Å². The maximum atomic E-state index is 12.6. The van der Waals surface area contributed by atoms with Crippen LogP contribution in [0.25, 0.3) is 0 Å². The fraction of sp³-hybridized carbons (Fsp3) is 0.600. The quantitative estimate of drug-likeness (QED) is 0.776. The summed E-state index contributed by atoms with van der Waals surface area (Å²) in [5.74, 6) is 0. The molecular formula is C15H20N4O3S2. The maximum Gasteiger partial charge on any atom is 0.217 e. The SMILES string of the molecule is Cc1nc(COCC2CN(S(=O)(=O)C3CC3)Cc3cncn32)cs1. The number of thiazole rings is 1. The van der Waals surface area contributed by atoms with Crippen molar-refractivity contribution in [3.63, 3.8) is 0 Å². The van der Waals surface area contributed by atoms with E-state index in [1.807, 2.05) is 16.9 Å². The third-order valence-electron chi connectivity index (χ3n) is 4.42. The van der Waals surface area contributed by atoms with Gasteiger partial charge in [0.15, 0.2) is 0 Å². The van der Waals surface area contributed by atoms with Crippen LogP contribution in [-0.4, -0.2) is 45.7 Å². The molecule has 1 aliphatic carbocycles. The highest BCUT2D eigenvalue weighted by Crippen LogP contribution is 2.34. The number of nitrogens with zero attached hydrogens (tertiary/aromatic N) is 4.